The van der Waals surface area contributed by atoms with Gasteiger partial charge in [0.05, 0.1) is 18.9 Å². The van der Waals surface area contributed by atoms with Crippen molar-refractivity contribution < 1.29 is 17.6 Å². The molecule has 0 saturated carbocycles. The van der Waals surface area contributed by atoms with Gasteiger partial charge in [0.25, 0.3) is 0 Å². The molecule has 1 aromatic heterocycles. The van der Waals surface area contributed by atoms with Gasteiger partial charge in [-0.05, 0) is 19.0 Å². The van der Waals surface area contributed by atoms with E-state index in [0.29, 0.717) is 12.1 Å². The first-order valence-electron chi connectivity index (χ1n) is 4.85. The normalized spacial score (nSPS) is 14.1. The van der Waals surface area contributed by atoms with Crippen molar-refractivity contribution in [1.29, 1.82) is 0 Å². The lowest BCUT2D eigenvalue weighted by Gasteiger charge is -2.18. The fraction of sp³-hybridized carbons (Fsp3) is 0.600. The molecule has 0 aromatic carbocycles. The van der Waals surface area contributed by atoms with Crippen molar-refractivity contribution in [3.8, 4) is 0 Å². The first-order chi connectivity index (χ1) is 7.03. The molecule has 2 nitrogen and oxygen atoms in total. The molecule has 5 heteroatoms. The summed E-state index contributed by atoms with van der Waals surface area (Å²) in [4.78, 5) is 0. The van der Waals surface area contributed by atoms with Crippen LogP contribution < -0.4 is 5.32 Å². The summed E-state index contributed by atoms with van der Waals surface area (Å²) in [5.41, 5.74) is 0.542. The number of halogens is 3. The lowest BCUT2D eigenvalue weighted by atomic mass is 10.1. The average molecular weight is 221 g/mol. The van der Waals surface area contributed by atoms with Crippen molar-refractivity contribution in [2.24, 2.45) is 0 Å². The molecule has 0 aliphatic rings. The van der Waals surface area contributed by atoms with E-state index in [0.717, 1.165) is 6.42 Å². The second-order valence-electron chi connectivity index (χ2n) is 3.38. The van der Waals surface area contributed by atoms with Crippen molar-refractivity contribution in [1.82, 2.24) is 5.32 Å². The quantitative estimate of drug-likeness (QED) is 0.825. The fourth-order valence-corrected chi connectivity index (χ4v) is 1.33. The Balaban J connectivity index is 2.62. The van der Waals surface area contributed by atoms with Gasteiger partial charge in [-0.2, -0.15) is 13.2 Å². The largest absolute Gasteiger partial charge is 0.472 e. The maximum atomic E-state index is 12.3. The molecule has 0 aliphatic heterocycles. The highest BCUT2D eigenvalue weighted by Gasteiger charge is 2.32. The van der Waals surface area contributed by atoms with Crippen LogP contribution >= 0.6 is 0 Å². The highest BCUT2D eigenvalue weighted by molar-refractivity contribution is 5.11. The third-order valence-electron chi connectivity index (χ3n) is 2.02. The Morgan fingerprint density at radius 2 is 2.20 bits per heavy atom. The first-order valence-corrected chi connectivity index (χ1v) is 4.85. The van der Waals surface area contributed by atoms with Crippen LogP contribution in [0.15, 0.2) is 23.0 Å². The summed E-state index contributed by atoms with van der Waals surface area (Å²) in [5, 5.41) is 2.85. The maximum absolute atomic E-state index is 12.3. The third-order valence-corrected chi connectivity index (χ3v) is 2.02. The van der Waals surface area contributed by atoms with Crippen molar-refractivity contribution in [3.05, 3.63) is 24.2 Å². The zero-order valence-corrected chi connectivity index (χ0v) is 8.47. The second kappa shape index (κ2) is 5.21. The van der Waals surface area contributed by atoms with Crippen LogP contribution in [0.3, 0.4) is 0 Å². The monoisotopic (exact) mass is 221 g/mol. The summed E-state index contributed by atoms with van der Waals surface area (Å²) in [7, 11) is 0. The molecule has 15 heavy (non-hydrogen) atoms. The van der Waals surface area contributed by atoms with E-state index in [1.807, 2.05) is 6.92 Å². The molecule has 1 atom stereocenters. The number of furan rings is 1. The lowest BCUT2D eigenvalue weighted by Crippen LogP contribution is -2.27. The lowest BCUT2D eigenvalue weighted by molar-refractivity contribution is -0.140. The summed E-state index contributed by atoms with van der Waals surface area (Å²) in [6.07, 6.45) is -1.51. The van der Waals surface area contributed by atoms with Gasteiger partial charge in [-0.3, -0.25) is 0 Å². The molecule has 1 N–H and O–H groups in total. The Morgan fingerprint density at radius 3 is 2.67 bits per heavy atom. The molecule has 0 aliphatic carbocycles. The number of alkyl halides is 3. The topological polar surface area (TPSA) is 25.2 Å². The van der Waals surface area contributed by atoms with E-state index >= 15 is 0 Å². The minimum absolute atomic E-state index is 0.542. The van der Waals surface area contributed by atoms with Crippen LogP contribution in [0.25, 0.3) is 0 Å². The fourth-order valence-electron chi connectivity index (χ4n) is 1.33. The van der Waals surface area contributed by atoms with E-state index in [1.165, 1.54) is 12.5 Å². The Morgan fingerprint density at radius 1 is 1.47 bits per heavy atom. The predicted molar refractivity (Wildman–Crippen MR) is 50.4 cm³/mol. The van der Waals surface area contributed by atoms with E-state index < -0.39 is 18.6 Å². The van der Waals surface area contributed by atoms with Crippen LogP contribution in [0.5, 0.6) is 0 Å². The molecular weight excluding hydrogens is 207 g/mol. The molecule has 86 valence electrons. The van der Waals surface area contributed by atoms with Crippen LogP contribution in [0.4, 0.5) is 13.2 Å². The molecule has 1 aromatic rings. The first kappa shape index (κ1) is 12.1. The molecule has 0 spiro atoms. The molecule has 1 rings (SSSR count). The Kier molecular flexibility index (Phi) is 4.20. The summed E-state index contributed by atoms with van der Waals surface area (Å²) in [6.45, 7) is 2.47. The average Bonchev–Trinajstić information content (AvgIpc) is 2.63. The number of nitrogens with one attached hydrogen (secondary N) is 1. The van der Waals surface area contributed by atoms with Gasteiger partial charge in [0.1, 0.15) is 0 Å². The van der Waals surface area contributed by atoms with Crippen molar-refractivity contribution in [3.63, 3.8) is 0 Å². The van der Waals surface area contributed by atoms with Crippen molar-refractivity contribution in [2.45, 2.75) is 32.0 Å². The maximum Gasteiger partial charge on any atom is 0.390 e. The van der Waals surface area contributed by atoms with Gasteiger partial charge in [0.15, 0.2) is 0 Å². The SMILES string of the molecule is CCCNC(CC(F)(F)F)c1ccoc1. The summed E-state index contributed by atoms with van der Waals surface area (Å²) in [5.74, 6) is 0. The third kappa shape index (κ3) is 4.38. The Labute approximate surface area is 86.5 Å². The highest BCUT2D eigenvalue weighted by atomic mass is 19.4. The highest BCUT2D eigenvalue weighted by Crippen LogP contribution is 2.29. The van der Waals surface area contributed by atoms with E-state index in [-0.39, 0.29) is 0 Å². The van der Waals surface area contributed by atoms with Gasteiger partial charge in [-0.25, -0.2) is 0 Å². The summed E-state index contributed by atoms with van der Waals surface area (Å²) >= 11 is 0. The smallest absolute Gasteiger partial charge is 0.390 e. The molecule has 0 fully saturated rings. The minimum atomic E-state index is -4.16. The molecular formula is C10H14F3NO. The molecule has 0 bridgehead atoms. The van der Waals surface area contributed by atoms with Crippen molar-refractivity contribution >= 4 is 0 Å². The van der Waals surface area contributed by atoms with Gasteiger partial charge >= 0.3 is 6.18 Å². The molecule has 0 saturated heterocycles. The minimum Gasteiger partial charge on any atom is -0.472 e. The zero-order valence-electron chi connectivity index (χ0n) is 8.47. The van der Waals surface area contributed by atoms with Gasteiger partial charge < -0.3 is 9.73 Å². The zero-order chi connectivity index (χ0) is 11.3. The molecule has 0 radical (unpaired) electrons. The molecule has 1 heterocycles. The van der Waals surface area contributed by atoms with Crippen LogP contribution in [0, 0.1) is 0 Å². The molecule has 0 amide bonds. The number of hydrogen-bond donors (Lipinski definition) is 1. The van der Waals surface area contributed by atoms with Gasteiger partial charge in [-0.1, -0.05) is 6.92 Å². The standard InChI is InChI=1S/C10H14F3NO/c1-2-4-14-9(6-10(11,12)13)8-3-5-15-7-8/h3,5,7,9,14H,2,4,6H2,1H3. The Bertz CT molecular complexity index is 269. The summed E-state index contributed by atoms with van der Waals surface area (Å²) < 4.78 is 41.5. The van der Waals surface area contributed by atoms with Crippen LogP contribution in [0.1, 0.15) is 31.4 Å². The van der Waals surface area contributed by atoms with Gasteiger partial charge in [0, 0.05) is 11.6 Å². The van der Waals surface area contributed by atoms with Gasteiger partial charge in [-0.15, -0.1) is 0 Å². The number of hydrogen-bond acceptors (Lipinski definition) is 2. The second-order valence-corrected chi connectivity index (χ2v) is 3.38. The van der Waals surface area contributed by atoms with Crippen LogP contribution in [0.2, 0.25) is 0 Å². The van der Waals surface area contributed by atoms with Crippen LogP contribution in [-0.4, -0.2) is 12.7 Å². The van der Waals surface area contributed by atoms with Crippen LogP contribution in [-0.2, 0) is 0 Å². The van der Waals surface area contributed by atoms with E-state index in [9.17, 15) is 13.2 Å². The Hall–Kier alpha value is -0.970. The van der Waals surface area contributed by atoms with E-state index in [2.05, 4.69) is 5.32 Å². The predicted octanol–water partition coefficient (Wildman–Crippen LogP) is 3.27. The number of rotatable bonds is 5. The summed E-state index contributed by atoms with van der Waals surface area (Å²) in [6, 6.07) is 0.850. The van der Waals surface area contributed by atoms with Gasteiger partial charge in [0.2, 0.25) is 0 Å². The van der Waals surface area contributed by atoms with E-state index in [4.69, 9.17) is 4.42 Å². The molecule has 1 unspecified atom stereocenters. The van der Waals surface area contributed by atoms with E-state index in [1.54, 1.807) is 6.07 Å². The van der Waals surface area contributed by atoms with Crippen molar-refractivity contribution in [2.75, 3.05) is 6.54 Å².